The lowest BCUT2D eigenvalue weighted by Crippen LogP contribution is -2.09. The fourth-order valence-electron chi connectivity index (χ4n) is 2.55. The number of furan rings is 1. The molecular weight excluding hydrogens is 439 g/mol. The lowest BCUT2D eigenvalue weighted by molar-refractivity contribution is -0.384. The zero-order valence-electron chi connectivity index (χ0n) is 14.9. The van der Waals surface area contributed by atoms with Crippen LogP contribution in [-0.4, -0.2) is 10.8 Å². The zero-order chi connectivity index (χ0) is 21.1. The molecule has 0 atom stereocenters. The van der Waals surface area contributed by atoms with Gasteiger partial charge in [-0.1, -0.05) is 34.8 Å². The van der Waals surface area contributed by atoms with E-state index in [2.05, 4.69) is 5.32 Å². The largest absolute Gasteiger partial charge is 0.457 e. The summed E-state index contributed by atoms with van der Waals surface area (Å²) in [6.07, 6.45) is 2.77. The maximum Gasteiger partial charge on any atom is 0.288 e. The van der Waals surface area contributed by atoms with Crippen molar-refractivity contribution in [2.75, 3.05) is 5.32 Å². The van der Waals surface area contributed by atoms with E-state index in [1.807, 2.05) is 0 Å². The van der Waals surface area contributed by atoms with E-state index >= 15 is 0 Å². The van der Waals surface area contributed by atoms with Gasteiger partial charge in [0.2, 0.25) is 5.91 Å². The molecule has 0 aliphatic heterocycles. The van der Waals surface area contributed by atoms with Crippen LogP contribution in [0.5, 0.6) is 0 Å². The molecule has 3 rings (SSSR count). The summed E-state index contributed by atoms with van der Waals surface area (Å²) in [5, 5.41) is 14.4. The highest BCUT2D eigenvalue weighted by Crippen LogP contribution is 2.32. The summed E-state index contributed by atoms with van der Waals surface area (Å²) in [7, 11) is 0. The molecule has 0 unspecified atom stereocenters. The second kappa shape index (κ2) is 8.69. The highest BCUT2D eigenvalue weighted by Gasteiger charge is 2.15. The minimum Gasteiger partial charge on any atom is -0.457 e. The van der Waals surface area contributed by atoms with Gasteiger partial charge in [-0.25, -0.2) is 0 Å². The molecule has 0 spiro atoms. The van der Waals surface area contributed by atoms with Gasteiger partial charge >= 0.3 is 0 Å². The molecule has 1 amide bonds. The van der Waals surface area contributed by atoms with Crippen molar-refractivity contribution in [3.63, 3.8) is 0 Å². The van der Waals surface area contributed by atoms with Gasteiger partial charge in [-0.15, -0.1) is 0 Å². The van der Waals surface area contributed by atoms with Gasteiger partial charge in [0.15, 0.2) is 0 Å². The predicted molar refractivity (Wildman–Crippen MR) is 115 cm³/mol. The van der Waals surface area contributed by atoms with Crippen LogP contribution in [0.4, 0.5) is 11.4 Å². The summed E-state index contributed by atoms with van der Waals surface area (Å²) in [5.74, 6) is 0.532. The summed E-state index contributed by atoms with van der Waals surface area (Å²) in [5.41, 5.74) is 1.35. The SMILES string of the molecule is Cc1cc([N+](=O)[O-])c(Cl)cc1NC(=O)/C=C/c1ccc(-c2ccc(Cl)cc2Cl)o1. The number of nitro benzene ring substituents is 1. The number of benzene rings is 2. The first-order valence-corrected chi connectivity index (χ1v) is 9.37. The van der Waals surface area contributed by atoms with Crippen LogP contribution in [-0.2, 0) is 4.79 Å². The number of carbonyl (C=O) groups is 1. The molecular formula is C20H13Cl3N2O4. The Bertz CT molecular complexity index is 1140. The van der Waals surface area contributed by atoms with Crippen molar-refractivity contribution >= 4 is 58.2 Å². The number of hydrogen-bond acceptors (Lipinski definition) is 4. The molecule has 0 saturated carbocycles. The maximum atomic E-state index is 12.2. The van der Waals surface area contributed by atoms with Crippen molar-refractivity contribution in [2.24, 2.45) is 0 Å². The monoisotopic (exact) mass is 450 g/mol. The van der Waals surface area contributed by atoms with E-state index in [9.17, 15) is 14.9 Å². The number of nitrogens with zero attached hydrogens (tertiary/aromatic N) is 1. The van der Waals surface area contributed by atoms with E-state index in [1.165, 1.54) is 24.3 Å². The summed E-state index contributed by atoms with van der Waals surface area (Å²) >= 11 is 18.0. The third-order valence-electron chi connectivity index (χ3n) is 3.97. The standard InChI is InChI=1S/C20H13Cl3N2O4/c1-11-8-18(25(27)28)16(23)10-17(11)24-20(26)7-4-13-3-6-19(29-13)14-5-2-12(21)9-15(14)22/h2-10H,1H3,(H,24,26)/b7-4+. The molecule has 0 aliphatic rings. The lowest BCUT2D eigenvalue weighted by Gasteiger charge is -2.07. The van der Waals surface area contributed by atoms with Crippen LogP contribution < -0.4 is 5.32 Å². The van der Waals surface area contributed by atoms with Gasteiger partial charge in [0, 0.05) is 28.4 Å². The minimum atomic E-state index is -0.581. The normalized spacial score (nSPS) is 11.0. The van der Waals surface area contributed by atoms with Gasteiger partial charge in [-0.05, 0) is 55.0 Å². The molecule has 6 nitrogen and oxygen atoms in total. The van der Waals surface area contributed by atoms with Gasteiger partial charge in [-0.2, -0.15) is 0 Å². The minimum absolute atomic E-state index is 0.0598. The van der Waals surface area contributed by atoms with Crippen LogP contribution in [0.25, 0.3) is 17.4 Å². The van der Waals surface area contributed by atoms with E-state index < -0.39 is 10.8 Å². The first-order valence-electron chi connectivity index (χ1n) is 8.23. The van der Waals surface area contributed by atoms with E-state index in [1.54, 1.807) is 37.3 Å². The second-order valence-electron chi connectivity index (χ2n) is 6.02. The molecule has 9 heteroatoms. The molecule has 148 valence electrons. The highest BCUT2D eigenvalue weighted by atomic mass is 35.5. The van der Waals surface area contributed by atoms with Crippen LogP contribution in [0.2, 0.25) is 15.1 Å². The molecule has 3 aromatic rings. The molecule has 0 fully saturated rings. The first kappa shape index (κ1) is 20.9. The van der Waals surface area contributed by atoms with E-state index in [0.717, 1.165) is 0 Å². The number of halogens is 3. The Morgan fingerprint density at radius 1 is 1.10 bits per heavy atom. The Hall–Kier alpha value is -2.80. The Morgan fingerprint density at radius 2 is 1.86 bits per heavy atom. The predicted octanol–water partition coefficient (Wildman–Crippen LogP) is 6.78. The average Bonchev–Trinajstić information content (AvgIpc) is 3.11. The molecule has 1 aromatic heterocycles. The quantitative estimate of drug-likeness (QED) is 0.263. The topological polar surface area (TPSA) is 85.4 Å². The van der Waals surface area contributed by atoms with Gasteiger partial charge in [0.25, 0.3) is 5.69 Å². The number of aryl methyl sites for hydroxylation is 1. The van der Waals surface area contributed by atoms with Crippen LogP contribution in [0.15, 0.2) is 53.0 Å². The number of anilines is 1. The molecule has 0 saturated heterocycles. The fourth-order valence-corrected chi connectivity index (χ4v) is 3.28. The third kappa shape index (κ3) is 4.98. The average molecular weight is 452 g/mol. The number of nitro groups is 1. The van der Waals surface area contributed by atoms with E-state index in [0.29, 0.717) is 38.4 Å². The van der Waals surface area contributed by atoms with Gasteiger partial charge in [0.1, 0.15) is 16.5 Å². The first-order chi connectivity index (χ1) is 13.7. The Balaban J connectivity index is 1.73. The molecule has 0 aliphatic carbocycles. The summed E-state index contributed by atoms with van der Waals surface area (Å²) in [4.78, 5) is 22.5. The van der Waals surface area contributed by atoms with Crippen molar-refractivity contribution in [3.05, 3.63) is 85.0 Å². The van der Waals surface area contributed by atoms with Crippen molar-refractivity contribution in [1.29, 1.82) is 0 Å². The molecule has 1 N–H and O–H groups in total. The van der Waals surface area contributed by atoms with Crippen LogP contribution >= 0.6 is 34.8 Å². The van der Waals surface area contributed by atoms with Gasteiger partial charge < -0.3 is 9.73 Å². The Kier molecular flexibility index (Phi) is 6.27. The smallest absolute Gasteiger partial charge is 0.288 e. The van der Waals surface area contributed by atoms with Crippen LogP contribution in [0.1, 0.15) is 11.3 Å². The van der Waals surface area contributed by atoms with Crippen molar-refractivity contribution in [3.8, 4) is 11.3 Å². The van der Waals surface area contributed by atoms with Crippen molar-refractivity contribution < 1.29 is 14.1 Å². The Labute approximate surface area is 180 Å². The number of rotatable bonds is 5. The van der Waals surface area contributed by atoms with Gasteiger partial charge in [-0.3, -0.25) is 14.9 Å². The van der Waals surface area contributed by atoms with Gasteiger partial charge in [0.05, 0.1) is 9.95 Å². The number of hydrogen-bond donors (Lipinski definition) is 1. The highest BCUT2D eigenvalue weighted by molar-refractivity contribution is 6.36. The Morgan fingerprint density at radius 3 is 2.55 bits per heavy atom. The van der Waals surface area contributed by atoms with Crippen molar-refractivity contribution in [1.82, 2.24) is 0 Å². The lowest BCUT2D eigenvalue weighted by atomic mass is 10.1. The summed E-state index contributed by atoms with van der Waals surface area (Å²) in [6.45, 7) is 1.64. The molecule has 0 radical (unpaired) electrons. The number of nitrogens with one attached hydrogen (secondary N) is 1. The molecule has 29 heavy (non-hydrogen) atoms. The van der Waals surface area contributed by atoms with Crippen molar-refractivity contribution in [2.45, 2.75) is 6.92 Å². The van der Waals surface area contributed by atoms with Crippen LogP contribution in [0, 0.1) is 17.0 Å². The maximum absolute atomic E-state index is 12.2. The molecule has 1 heterocycles. The number of carbonyl (C=O) groups excluding carboxylic acids is 1. The zero-order valence-corrected chi connectivity index (χ0v) is 17.2. The molecule has 2 aromatic carbocycles. The fraction of sp³-hybridized carbons (Fsp3) is 0.0500. The second-order valence-corrected chi connectivity index (χ2v) is 7.28. The third-order valence-corrected chi connectivity index (χ3v) is 4.82. The van der Waals surface area contributed by atoms with Crippen LogP contribution in [0.3, 0.4) is 0 Å². The summed E-state index contributed by atoms with van der Waals surface area (Å²) < 4.78 is 5.69. The summed E-state index contributed by atoms with van der Waals surface area (Å²) in [6, 6.07) is 11.1. The number of amides is 1. The van der Waals surface area contributed by atoms with E-state index in [4.69, 9.17) is 39.2 Å². The van der Waals surface area contributed by atoms with E-state index in [-0.39, 0.29) is 10.7 Å². The molecule has 0 bridgehead atoms.